The number of benzene rings is 1. The van der Waals surface area contributed by atoms with Crippen LogP contribution in [0.2, 0.25) is 0 Å². The number of amides is 1. The van der Waals surface area contributed by atoms with E-state index < -0.39 is 27.7 Å². The Bertz CT molecular complexity index is 532. The summed E-state index contributed by atoms with van der Waals surface area (Å²) in [6, 6.07) is 8.93. The number of para-hydroxylation sites is 1. The highest BCUT2D eigenvalue weighted by Crippen LogP contribution is 2.64. The fourth-order valence-electron chi connectivity index (χ4n) is 1.73. The molecule has 0 bridgehead atoms. The first-order valence-corrected chi connectivity index (χ1v) is 6.97. The molecule has 20 heavy (non-hydrogen) atoms. The molecule has 0 saturated heterocycles. The Morgan fingerprint density at radius 2 is 1.85 bits per heavy atom. The molecular weight excluding hydrogens is 301 g/mol. The molecule has 4 nitrogen and oxygen atoms in total. The Labute approximate surface area is 127 Å². The van der Waals surface area contributed by atoms with E-state index >= 15 is 0 Å². The molecule has 108 valence electrons. The minimum Gasteiger partial charge on any atom is -0.452 e. The largest absolute Gasteiger partial charge is 0.452 e. The molecule has 1 saturated carbocycles. The highest BCUT2D eigenvalue weighted by molar-refractivity contribution is 6.53. The van der Waals surface area contributed by atoms with Crippen molar-refractivity contribution in [2.45, 2.75) is 30.7 Å². The summed E-state index contributed by atoms with van der Waals surface area (Å²) in [5.41, 5.74) is -0.292. The highest BCUT2D eigenvalue weighted by Gasteiger charge is 2.69. The lowest BCUT2D eigenvalue weighted by atomic mass is 10.1. The third-order valence-electron chi connectivity index (χ3n) is 3.40. The van der Waals surface area contributed by atoms with Gasteiger partial charge in [-0.3, -0.25) is 9.59 Å². The maximum absolute atomic E-state index is 11.9. The number of anilines is 1. The van der Waals surface area contributed by atoms with Crippen LogP contribution in [0.1, 0.15) is 20.3 Å². The Kier molecular flexibility index (Phi) is 3.98. The lowest BCUT2D eigenvalue weighted by molar-refractivity contribution is -0.158. The normalized spacial score (nSPS) is 24.6. The third kappa shape index (κ3) is 2.91. The van der Waals surface area contributed by atoms with E-state index in [1.807, 2.05) is 6.07 Å². The van der Waals surface area contributed by atoms with Gasteiger partial charge in [0.05, 0.1) is 0 Å². The standard InChI is InChI=1S/C14H15Cl2NO3/c1-9(11(18)17-10-6-4-3-5-7-10)20-12(19)13(2)8-14(13,15)16/h3-7,9H,8H2,1-2H3,(H,17,18)/t9-,13-/m0/s1. The van der Waals surface area contributed by atoms with Crippen molar-refractivity contribution in [2.75, 3.05) is 5.32 Å². The lowest BCUT2D eigenvalue weighted by Gasteiger charge is -2.17. The Morgan fingerprint density at radius 1 is 1.30 bits per heavy atom. The summed E-state index contributed by atoms with van der Waals surface area (Å²) in [6.07, 6.45) is -0.584. The van der Waals surface area contributed by atoms with Gasteiger partial charge in [-0.15, -0.1) is 23.2 Å². The molecule has 0 aromatic heterocycles. The summed E-state index contributed by atoms with van der Waals surface area (Å²) in [6.45, 7) is 3.13. The molecule has 1 aliphatic carbocycles. The number of carbonyl (C=O) groups excluding carboxylic acids is 2. The van der Waals surface area contributed by atoms with Gasteiger partial charge < -0.3 is 10.1 Å². The molecule has 2 atom stereocenters. The van der Waals surface area contributed by atoms with Crippen LogP contribution in [0.4, 0.5) is 5.69 Å². The summed E-state index contributed by atoms with van der Waals surface area (Å²) >= 11 is 11.8. The average molecular weight is 316 g/mol. The fourth-order valence-corrected chi connectivity index (χ4v) is 2.42. The number of nitrogens with one attached hydrogen (secondary N) is 1. The quantitative estimate of drug-likeness (QED) is 0.686. The molecule has 6 heteroatoms. The van der Waals surface area contributed by atoms with Crippen molar-refractivity contribution in [3.63, 3.8) is 0 Å². The van der Waals surface area contributed by atoms with Gasteiger partial charge in [0, 0.05) is 12.1 Å². The van der Waals surface area contributed by atoms with E-state index in [9.17, 15) is 9.59 Å². The van der Waals surface area contributed by atoms with Gasteiger partial charge in [-0.05, 0) is 26.0 Å². The second kappa shape index (κ2) is 5.26. The van der Waals surface area contributed by atoms with E-state index in [1.54, 1.807) is 31.2 Å². The molecule has 0 heterocycles. The summed E-state index contributed by atoms with van der Waals surface area (Å²) < 4.78 is 4.03. The summed E-state index contributed by atoms with van der Waals surface area (Å²) in [7, 11) is 0. The van der Waals surface area contributed by atoms with Gasteiger partial charge in [-0.1, -0.05) is 18.2 Å². The SMILES string of the molecule is C[C@H](OC(=O)[C@]1(C)CC1(Cl)Cl)C(=O)Nc1ccccc1. The first-order valence-electron chi connectivity index (χ1n) is 6.21. The molecular formula is C14H15Cl2NO3. The number of esters is 1. The van der Waals surface area contributed by atoms with Gasteiger partial charge in [0.15, 0.2) is 6.10 Å². The van der Waals surface area contributed by atoms with Gasteiger partial charge in [0.1, 0.15) is 9.75 Å². The van der Waals surface area contributed by atoms with Crippen LogP contribution in [-0.2, 0) is 14.3 Å². The molecule has 1 aliphatic rings. The number of ether oxygens (including phenoxy) is 1. The van der Waals surface area contributed by atoms with Crippen molar-refractivity contribution < 1.29 is 14.3 Å². The number of halogens is 2. The van der Waals surface area contributed by atoms with Crippen LogP contribution in [0.5, 0.6) is 0 Å². The van der Waals surface area contributed by atoms with Crippen molar-refractivity contribution in [3.8, 4) is 0 Å². The fraction of sp³-hybridized carbons (Fsp3) is 0.429. The zero-order valence-electron chi connectivity index (χ0n) is 11.2. The van der Waals surface area contributed by atoms with Crippen molar-refractivity contribution in [3.05, 3.63) is 30.3 Å². The van der Waals surface area contributed by atoms with Crippen LogP contribution in [0.15, 0.2) is 30.3 Å². The van der Waals surface area contributed by atoms with Crippen LogP contribution in [-0.4, -0.2) is 22.3 Å². The molecule has 1 aromatic carbocycles. The zero-order valence-corrected chi connectivity index (χ0v) is 12.7. The number of rotatable bonds is 4. The molecule has 0 aliphatic heterocycles. The first kappa shape index (κ1) is 15.1. The first-order chi connectivity index (χ1) is 9.26. The van der Waals surface area contributed by atoms with Crippen LogP contribution < -0.4 is 5.32 Å². The predicted molar refractivity (Wildman–Crippen MR) is 77.8 cm³/mol. The van der Waals surface area contributed by atoms with Crippen LogP contribution in [0, 0.1) is 5.41 Å². The van der Waals surface area contributed by atoms with E-state index in [0.29, 0.717) is 12.1 Å². The molecule has 1 aromatic rings. The molecule has 1 amide bonds. The smallest absolute Gasteiger partial charge is 0.315 e. The van der Waals surface area contributed by atoms with E-state index in [0.717, 1.165) is 0 Å². The van der Waals surface area contributed by atoms with E-state index in [4.69, 9.17) is 27.9 Å². The van der Waals surface area contributed by atoms with Crippen LogP contribution in [0.25, 0.3) is 0 Å². The van der Waals surface area contributed by atoms with Crippen molar-refractivity contribution >= 4 is 40.8 Å². The third-order valence-corrected chi connectivity index (χ3v) is 4.50. The minimum atomic E-state index is -1.10. The number of hydrogen-bond donors (Lipinski definition) is 1. The minimum absolute atomic E-state index is 0.328. The van der Waals surface area contributed by atoms with E-state index in [1.165, 1.54) is 6.92 Å². The summed E-state index contributed by atoms with van der Waals surface area (Å²) in [5, 5.41) is 2.66. The Hall–Kier alpha value is -1.26. The van der Waals surface area contributed by atoms with E-state index in [-0.39, 0.29) is 0 Å². The number of alkyl halides is 2. The maximum atomic E-state index is 11.9. The lowest BCUT2D eigenvalue weighted by Crippen LogP contribution is -2.33. The van der Waals surface area contributed by atoms with E-state index in [2.05, 4.69) is 5.32 Å². The van der Waals surface area contributed by atoms with Gasteiger partial charge >= 0.3 is 5.97 Å². The average Bonchev–Trinajstić information content (AvgIpc) is 2.91. The topological polar surface area (TPSA) is 55.4 Å². The molecule has 1 N–H and O–H groups in total. The molecule has 0 spiro atoms. The number of hydrogen-bond acceptors (Lipinski definition) is 3. The molecule has 0 radical (unpaired) electrons. The zero-order chi connectivity index (χ0) is 15.0. The van der Waals surface area contributed by atoms with Crippen molar-refractivity contribution in [1.82, 2.24) is 0 Å². The van der Waals surface area contributed by atoms with Gasteiger partial charge in [0.25, 0.3) is 5.91 Å². The van der Waals surface area contributed by atoms with Gasteiger partial charge in [0.2, 0.25) is 0 Å². The van der Waals surface area contributed by atoms with Gasteiger partial charge in [-0.2, -0.15) is 0 Å². The summed E-state index contributed by atoms with van der Waals surface area (Å²) in [5.74, 6) is -0.957. The Morgan fingerprint density at radius 3 is 2.35 bits per heavy atom. The predicted octanol–water partition coefficient (Wildman–Crippen LogP) is 3.14. The van der Waals surface area contributed by atoms with Crippen LogP contribution >= 0.6 is 23.2 Å². The van der Waals surface area contributed by atoms with Crippen molar-refractivity contribution in [2.24, 2.45) is 5.41 Å². The Balaban J connectivity index is 1.91. The maximum Gasteiger partial charge on any atom is 0.315 e. The van der Waals surface area contributed by atoms with Crippen molar-refractivity contribution in [1.29, 1.82) is 0 Å². The summed E-state index contributed by atoms with van der Waals surface area (Å²) in [4.78, 5) is 23.8. The van der Waals surface area contributed by atoms with Gasteiger partial charge in [-0.25, -0.2) is 0 Å². The second-order valence-electron chi connectivity index (χ2n) is 5.12. The molecule has 0 unspecified atom stereocenters. The monoisotopic (exact) mass is 315 g/mol. The number of carbonyl (C=O) groups is 2. The highest BCUT2D eigenvalue weighted by atomic mass is 35.5. The van der Waals surface area contributed by atoms with Crippen LogP contribution in [0.3, 0.4) is 0 Å². The molecule has 1 fully saturated rings. The second-order valence-corrected chi connectivity index (χ2v) is 6.60. The molecule has 2 rings (SSSR count).